The molecule has 1 atom stereocenters. The van der Waals surface area contributed by atoms with Gasteiger partial charge < -0.3 is 19.5 Å². The van der Waals surface area contributed by atoms with Crippen LogP contribution in [0.15, 0.2) is 36.4 Å². The van der Waals surface area contributed by atoms with E-state index in [0.29, 0.717) is 42.1 Å². The maximum Gasteiger partial charge on any atom is 0.416 e. The predicted octanol–water partition coefficient (Wildman–Crippen LogP) is 4.50. The van der Waals surface area contributed by atoms with E-state index in [4.69, 9.17) is 9.47 Å². The highest BCUT2D eigenvalue weighted by Gasteiger charge is 2.34. The molecule has 2 aromatic carbocycles. The summed E-state index contributed by atoms with van der Waals surface area (Å²) < 4.78 is 93.1. The van der Waals surface area contributed by atoms with Crippen LogP contribution < -0.4 is 14.8 Å². The lowest BCUT2D eigenvalue weighted by Crippen LogP contribution is -2.42. The first kappa shape index (κ1) is 30.5. The number of benzene rings is 2. The van der Waals surface area contributed by atoms with Crippen LogP contribution in [-0.4, -0.2) is 49.0 Å². The maximum absolute atomic E-state index is 13.3. The SMILES string of the molecule is COC(=O)[C@H](CSC(=O)c1ccc(C(F)(F)F)cc1OC(=O)c1ccc(C(F)(F)F)cc1OC)NC(C)=O. The molecule has 0 heterocycles. The minimum Gasteiger partial charge on any atom is -0.496 e. The summed E-state index contributed by atoms with van der Waals surface area (Å²) in [5.74, 6) is -4.72. The van der Waals surface area contributed by atoms with Gasteiger partial charge in [0.25, 0.3) is 0 Å². The van der Waals surface area contributed by atoms with Crippen molar-refractivity contribution in [2.24, 2.45) is 0 Å². The monoisotopic (exact) mass is 567 g/mol. The summed E-state index contributed by atoms with van der Waals surface area (Å²) in [6.45, 7) is 1.10. The number of hydrogen-bond acceptors (Lipinski definition) is 8. The van der Waals surface area contributed by atoms with Crippen molar-refractivity contribution in [3.8, 4) is 11.5 Å². The lowest BCUT2D eigenvalue weighted by molar-refractivity contribution is -0.144. The molecule has 0 unspecified atom stereocenters. The molecular weight excluding hydrogens is 548 g/mol. The van der Waals surface area contributed by atoms with Gasteiger partial charge in [-0.1, -0.05) is 11.8 Å². The Morgan fingerprint density at radius 2 is 1.39 bits per heavy atom. The number of alkyl halides is 6. The Bertz CT molecular complexity index is 1230. The fourth-order valence-corrected chi connectivity index (χ4v) is 3.80. The second-order valence-corrected chi connectivity index (χ2v) is 8.38. The van der Waals surface area contributed by atoms with E-state index in [-0.39, 0.29) is 5.75 Å². The molecule has 0 radical (unpaired) electrons. The lowest BCUT2D eigenvalue weighted by Gasteiger charge is -2.16. The van der Waals surface area contributed by atoms with Crippen molar-refractivity contribution in [3.05, 3.63) is 58.7 Å². The molecule has 0 saturated carbocycles. The molecule has 0 fully saturated rings. The third kappa shape index (κ3) is 7.87. The van der Waals surface area contributed by atoms with E-state index < -0.39 is 75.1 Å². The zero-order valence-electron chi connectivity index (χ0n) is 19.8. The van der Waals surface area contributed by atoms with Gasteiger partial charge in [-0.05, 0) is 36.4 Å². The number of halogens is 6. The van der Waals surface area contributed by atoms with E-state index in [1.54, 1.807) is 0 Å². The summed E-state index contributed by atoms with van der Waals surface area (Å²) in [5, 5.41) is 1.30. The molecule has 0 bridgehead atoms. The molecule has 0 aliphatic rings. The van der Waals surface area contributed by atoms with Crippen LogP contribution in [0.3, 0.4) is 0 Å². The first-order chi connectivity index (χ1) is 17.6. The largest absolute Gasteiger partial charge is 0.496 e. The smallest absolute Gasteiger partial charge is 0.416 e. The van der Waals surface area contributed by atoms with Crippen molar-refractivity contribution < 1.29 is 59.7 Å². The second-order valence-electron chi connectivity index (χ2n) is 7.39. The van der Waals surface area contributed by atoms with Crippen molar-refractivity contribution in [2.75, 3.05) is 20.0 Å². The van der Waals surface area contributed by atoms with Gasteiger partial charge in [0.2, 0.25) is 11.0 Å². The average Bonchev–Trinajstić information content (AvgIpc) is 2.83. The number of rotatable bonds is 8. The van der Waals surface area contributed by atoms with Gasteiger partial charge in [0.15, 0.2) is 0 Å². The van der Waals surface area contributed by atoms with Gasteiger partial charge in [0, 0.05) is 12.7 Å². The number of thioether (sulfide) groups is 1. The molecule has 0 aliphatic heterocycles. The Labute approximate surface area is 215 Å². The normalized spacial score (nSPS) is 12.3. The van der Waals surface area contributed by atoms with Crippen LogP contribution in [0.4, 0.5) is 26.3 Å². The third-order valence-electron chi connectivity index (χ3n) is 4.72. The van der Waals surface area contributed by atoms with Gasteiger partial charge in [-0.25, -0.2) is 9.59 Å². The zero-order chi connectivity index (χ0) is 28.8. The van der Waals surface area contributed by atoms with Crippen LogP contribution in [-0.2, 0) is 26.7 Å². The molecule has 2 rings (SSSR count). The first-order valence-corrected chi connectivity index (χ1v) is 11.3. The number of carbonyl (C=O) groups excluding carboxylic acids is 4. The molecule has 0 saturated heterocycles. The molecular formula is C23H19F6NO7S. The van der Waals surface area contributed by atoms with Crippen molar-refractivity contribution >= 4 is 34.7 Å². The van der Waals surface area contributed by atoms with Crippen LogP contribution in [0.2, 0.25) is 0 Å². The number of ether oxygens (including phenoxy) is 3. The molecule has 15 heteroatoms. The standard InChI is InChI=1S/C23H19F6NO7S/c1-11(31)30-16(20(33)36-3)10-38-21(34)15-7-5-13(23(27,28)29)9-18(15)37-19(32)14-6-4-12(22(24,25)26)8-17(14)35-2/h4-9,16H,10H2,1-3H3,(H,30,31)/t16-/m0/s1. The van der Waals surface area contributed by atoms with E-state index in [1.807, 2.05) is 0 Å². The Morgan fingerprint density at radius 1 is 0.868 bits per heavy atom. The van der Waals surface area contributed by atoms with Crippen LogP contribution in [0.5, 0.6) is 11.5 Å². The fraction of sp³-hybridized carbons (Fsp3) is 0.304. The number of methoxy groups -OCH3 is 2. The van der Waals surface area contributed by atoms with Crippen molar-refractivity contribution in [1.29, 1.82) is 0 Å². The minimum absolute atomic E-state index is 0.369. The molecule has 206 valence electrons. The fourth-order valence-electron chi connectivity index (χ4n) is 2.94. The first-order valence-electron chi connectivity index (χ1n) is 10.3. The average molecular weight is 567 g/mol. The van der Waals surface area contributed by atoms with E-state index in [2.05, 4.69) is 10.1 Å². The lowest BCUT2D eigenvalue weighted by atomic mass is 10.1. The second kappa shape index (κ2) is 12.2. The molecule has 1 amide bonds. The quantitative estimate of drug-likeness (QED) is 0.282. The number of hydrogen-bond donors (Lipinski definition) is 1. The van der Waals surface area contributed by atoms with Gasteiger partial charge >= 0.3 is 24.3 Å². The minimum atomic E-state index is -4.90. The Kier molecular flexibility index (Phi) is 9.78. The molecule has 1 N–H and O–H groups in total. The number of esters is 2. The van der Waals surface area contributed by atoms with Gasteiger partial charge in [-0.3, -0.25) is 9.59 Å². The van der Waals surface area contributed by atoms with Crippen molar-refractivity contribution in [2.45, 2.75) is 25.3 Å². The highest BCUT2D eigenvalue weighted by molar-refractivity contribution is 8.14. The number of amides is 1. The van der Waals surface area contributed by atoms with E-state index in [1.165, 1.54) is 0 Å². The molecule has 0 spiro atoms. The van der Waals surface area contributed by atoms with E-state index in [0.717, 1.165) is 27.2 Å². The summed E-state index contributed by atoms with van der Waals surface area (Å²) >= 11 is 0.409. The third-order valence-corrected chi connectivity index (χ3v) is 5.71. The molecule has 0 aromatic heterocycles. The zero-order valence-corrected chi connectivity index (χ0v) is 20.6. The summed E-state index contributed by atoms with van der Waals surface area (Å²) in [7, 11) is 2.00. The molecule has 8 nitrogen and oxygen atoms in total. The van der Waals surface area contributed by atoms with E-state index >= 15 is 0 Å². The molecule has 2 aromatic rings. The molecule has 38 heavy (non-hydrogen) atoms. The van der Waals surface area contributed by atoms with Gasteiger partial charge in [0.05, 0.1) is 30.9 Å². The highest BCUT2D eigenvalue weighted by Crippen LogP contribution is 2.36. The van der Waals surface area contributed by atoms with Crippen LogP contribution >= 0.6 is 11.8 Å². The predicted molar refractivity (Wildman–Crippen MR) is 121 cm³/mol. The van der Waals surface area contributed by atoms with Crippen LogP contribution in [0.1, 0.15) is 38.8 Å². The summed E-state index contributed by atoms with van der Waals surface area (Å²) in [4.78, 5) is 48.7. The summed E-state index contributed by atoms with van der Waals surface area (Å²) in [6, 6.07) is 2.13. The van der Waals surface area contributed by atoms with Gasteiger partial charge in [0.1, 0.15) is 23.1 Å². The van der Waals surface area contributed by atoms with Crippen LogP contribution in [0.25, 0.3) is 0 Å². The Morgan fingerprint density at radius 3 is 1.87 bits per heavy atom. The Hall–Kier alpha value is -3.75. The van der Waals surface area contributed by atoms with Gasteiger partial charge in [-0.2, -0.15) is 26.3 Å². The van der Waals surface area contributed by atoms with Crippen molar-refractivity contribution in [3.63, 3.8) is 0 Å². The van der Waals surface area contributed by atoms with Crippen LogP contribution in [0, 0.1) is 0 Å². The Balaban J connectivity index is 2.42. The number of nitrogens with one attached hydrogen (secondary N) is 1. The summed E-state index contributed by atoms with van der Waals surface area (Å²) in [6.07, 6.45) is -9.67. The highest BCUT2D eigenvalue weighted by atomic mass is 32.2. The maximum atomic E-state index is 13.3. The van der Waals surface area contributed by atoms with Crippen molar-refractivity contribution in [1.82, 2.24) is 5.32 Å². The topological polar surface area (TPSA) is 108 Å². The van der Waals surface area contributed by atoms with Gasteiger partial charge in [-0.15, -0.1) is 0 Å². The molecule has 0 aliphatic carbocycles. The van der Waals surface area contributed by atoms with E-state index in [9.17, 15) is 45.5 Å². The number of carbonyl (C=O) groups is 4. The summed E-state index contributed by atoms with van der Waals surface area (Å²) in [5.41, 5.74) is -3.52.